The third-order valence-electron chi connectivity index (χ3n) is 3.62. The Hall–Kier alpha value is -1.88. The molecule has 0 spiro atoms. The summed E-state index contributed by atoms with van der Waals surface area (Å²) in [4.78, 5) is 23.3. The van der Waals surface area contributed by atoms with Crippen LogP contribution >= 0.6 is 0 Å². The van der Waals surface area contributed by atoms with Gasteiger partial charge in [-0.1, -0.05) is 32.4 Å². The molecule has 0 aliphatic carbocycles. The van der Waals surface area contributed by atoms with Crippen LogP contribution in [0.3, 0.4) is 0 Å². The van der Waals surface area contributed by atoms with Crippen LogP contribution < -0.4 is 11.1 Å². The molecule has 0 saturated heterocycles. The summed E-state index contributed by atoms with van der Waals surface area (Å²) < 4.78 is 4.68. The number of hydrogen-bond acceptors (Lipinski definition) is 4. The summed E-state index contributed by atoms with van der Waals surface area (Å²) in [6.07, 6.45) is 1.51. The van der Waals surface area contributed by atoms with Crippen LogP contribution in [0.2, 0.25) is 0 Å². The fraction of sp³-hybridized carbons (Fsp3) is 0.500. The van der Waals surface area contributed by atoms with Crippen molar-refractivity contribution >= 4 is 11.9 Å². The van der Waals surface area contributed by atoms with E-state index in [4.69, 9.17) is 5.73 Å². The second kappa shape index (κ2) is 8.42. The highest BCUT2D eigenvalue weighted by atomic mass is 16.5. The molecular formula is C16H24N2O3. The average molecular weight is 292 g/mol. The van der Waals surface area contributed by atoms with Crippen molar-refractivity contribution in [2.24, 2.45) is 11.7 Å². The fourth-order valence-electron chi connectivity index (χ4n) is 1.93. The maximum Gasteiger partial charge on any atom is 0.337 e. The molecule has 0 bridgehead atoms. The van der Waals surface area contributed by atoms with Gasteiger partial charge in [-0.2, -0.15) is 0 Å². The third kappa shape index (κ3) is 5.19. The monoisotopic (exact) mass is 292 g/mol. The zero-order valence-electron chi connectivity index (χ0n) is 12.9. The predicted octanol–water partition coefficient (Wildman–Crippen LogP) is 1.51. The topological polar surface area (TPSA) is 81.4 Å². The Kier molecular flexibility index (Phi) is 6.88. The molecule has 0 aliphatic heterocycles. The van der Waals surface area contributed by atoms with Gasteiger partial charge in [-0.3, -0.25) is 4.79 Å². The van der Waals surface area contributed by atoms with Gasteiger partial charge >= 0.3 is 5.97 Å². The number of nitrogens with two attached hydrogens (primary N) is 1. The van der Waals surface area contributed by atoms with E-state index in [9.17, 15) is 9.59 Å². The summed E-state index contributed by atoms with van der Waals surface area (Å²) >= 11 is 0. The Labute approximate surface area is 125 Å². The smallest absolute Gasteiger partial charge is 0.337 e. The van der Waals surface area contributed by atoms with E-state index in [0.717, 1.165) is 12.0 Å². The van der Waals surface area contributed by atoms with E-state index in [1.54, 1.807) is 18.2 Å². The van der Waals surface area contributed by atoms with Crippen molar-refractivity contribution in [3.05, 3.63) is 35.4 Å². The van der Waals surface area contributed by atoms with Crippen LogP contribution in [-0.2, 0) is 16.0 Å². The number of carbonyl (C=O) groups excluding carboxylic acids is 2. The first-order chi connectivity index (χ1) is 9.99. The Morgan fingerprint density at radius 3 is 2.71 bits per heavy atom. The van der Waals surface area contributed by atoms with Crippen molar-refractivity contribution < 1.29 is 14.3 Å². The highest BCUT2D eigenvalue weighted by molar-refractivity contribution is 5.89. The number of carbonyl (C=O) groups is 2. The Morgan fingerprint density at radius 1 is 1.38 bits per heavy atom. The van der Waals surface area contributed by atoms with E-state index in [1.165, 1.54) is 7.11 Å². The second-order valence-electron chi connectivity index (χ2n) is 5.14. The average Bonchev–Trinajstić information content (AvgIpc) is 2.52. The molecule has 1 rings (SSSR count). The van der Waals surface area contributed by atoms with E-state index in [1.807, 2.05) is 19.9 Å². The lowest BCUT2D eigenvalue weighted by Gasteiger charge is -2.17. The molecular weight excluding hydrogens is 268 g/mol. The van der Waals surface area contributed by atoms with Crippen molar-refractivity contribution in [2.75, 3.05) is 13.7 Å². The van der Waals surface area contributed by atoms with Gasteiger partial charge in [0.1, 0.15) is 0 Å². The quantitative estimate of drug-likeness (QED) is 0.746. The minimum Gasteiger partial charge on any atom is -0.465 e. The van der Waals surface area contributed by atoms with E-state index >= 15 is 0 Å². The molecule has 116 valence electrons. The number of amides is 1. The zero-order valence-corrected chi connectivity index (χ0v) is 12.9. The Balaban J connectivity index is 2.49. The molecule has 3 N–H and O–H groups in total. The van der Waals surface area contributed by atoms with Crippen LogP contribution in [0.4, 0.5) is 0 Å². The Bertz CT molecular complexity index is 488. The molecule has 21 heavy (non-hydrogen) atoms. The van der Waals surface area contributed by atoms with Crippen LogP contribution in [0.25, 0.3) is 0 Å². The first kappa shape index (κ1) is 17.2. The fourth-order valence-corrected chi connectivity index (χ4v) is 1.93. The van der Waals surface area contributed by atoms with Gasteiger partial charge in [0.15, 0.2) is 0 Å². The van der Waals surface area contributed by atoms with Gasteiger partial charge in [0, 0.05) is 6.54 Å². The molecule has 5 heteroatoms. The number of nitrogens with one attached hydrogen (secondary N) is 1. The molecule has 0 aliphatic rings. The Morgan fingerprint density at radius 2 is 2.10 bits per heavy atom. The summed E-state index contributed by atoms with van der Waals surface area (Å²) in [5, 5.41) is 2.83. The molecule has 0 heterocycles. The lowest BCUT2D eigenvalue weighted by atomic mass is 9.99. The van der Waals surface area contributed by atoms with Crippen LogP contribution in [0.5, 0.6) is 0 Å². The molecule has 0 radical (unpaired) electrons. The SMILES string of the molecule is CCC(C)C(N)C(=O)NCCc1cccc(C(=O)OC)c1. The number of benzene rings is 1. The minimum absolute atomic E-state index is 0.131. The van der Waals surface area contributed by atoms with Gasteiger partial charge in [-0.05, 0) is 30.0 Å². The molecule has 1 aromatic carbocycles. The van der Waals surface area contributed by atoms with Crippen LogP contribution in [-0.4, -0.2) is 31.6 Å². The van der Waals surface area contributed by atoms with Gasteiger partial charge in [-0.25, -0.2) is 4.79 Å². The van der Waals surface area contributed by atoms with Gasteiger partial charge in [0.2, 0.25) is 5.91 Å². The number of esters is 1. The minimum atomic E-state index is -0.476. The highest BCUT2D eigenvalue weighted by Gasteiger charge is 2.18. The van der Waals surface area contributed by atoms with E-state index in [2.05, 4.69) is 10.1 Å². The second-order valence-corrected chi connectivity index (χ2v) is 5.14. The van der Waals surface area contributed by atoms with Crippen LogP contribution in [0.15, 0.2) is 24.3 Å². The van der Waals surface area contributed by atoms with Crippen molar-refractivity contribution in [2.45, 2.75) is 32.7 Å². The van der Waals surface area contributed by atoms with Gasteiger partial charge in [0.25, 0.3) is 0 Å². The van der Waals surface area contributed by atoms with E-state index < -0.39 is 6.04 Å². The molecule has 0 fully saturated rings. The van der Waals surface area contributed by atoms with Crippen molar-refractivity contribution in [1.29, 1.82) is 0 Å². The van der Waals surface area contributed by atoms with Crippen molar-refractivity contribution in [3.8, 4) is 0 Å². The van der Waals surface area contributed by atoms with Gasteiger partial charge < -0.3 is 15.8 Å². The highest BCUT2D eigenvalue weighted by Crippen LogP contribution is 2.08. The molecule has 1 aromatic rings. The lowest BCUT2D eigenvalue weighted by molar-refractivity contribution is -0.123. The van der Waals surface area contributed by atoms with Crippen LogP contribution in [0, 0.1) is 5.92 Å². The summed E-state index contributed by atoms with van der Waals surface area (Å²) in [5.74, 6) is -0.333. The molecule has 2 atom stereocenters. The summed E-state index contributed by atoms with van der Waals surface area (Å²) in [6, 6.07) is 6.71. The summed E-state index contributed by atoms with van der Waals surface area (Å²) in [6.45, 7) is 4.47. The summed E-state index contributed by atoms with van der Waals surface area (Å²) in [7, 11) is 1.35. The molecule has 0 aromatic heterocycles. The first-order valence-corrected chi connectivity index (χ1v) is 7.20. The molecule has 1 amide bonds. The lowest BCUT2D eigenvalue weighted by Crippen LogP contribution is -2.45. The summed E-state index contributed by atoms with van der Waals surface area (Å²) in [5.41, 5.74) is 7.34. The number of methoxy groups -OCH3 is 1. The van der Waals surface area contributed by atoms with E-state index in [-0.39, 0.29) is 17.8 Å². The molecule has 0 saturated carbocycles. The maximum absolute atomic E-state index is 11.8. The van der Waals surface area contributed by atoms with Crippen molar-refractivity contribution in [3.63, 3.8) is 0 Å². The standard InChI is InChI=1S/C16H24N2O3/c1-4-11(2)14(17)15(19)18-9-8-12-6-5-7-13(10-12)16(20)21-3/h5-7,10-11,14H,4,8-9,17H2,1-3H3,(H,18,19). The largest absolute Gasteiger partial charge is 0.465 e. The van der Waals surface area contributed by atoms with Crippen molar-refractivity contribution in [1.82, 2.24) is 5.32 Å². The maximum atomic E-state index is 11.8. The normalized spacial score (nSPS) is 13.3. The zero-order chi connectivity index (χ0) is 15.8. The molecule has 5 nitrogen and oxygen atoms in total. The predicted molar refractivity (Wildman–Crippen MR) is 81.9 cm³/mol. The van der Waals surface area contributed by atoms with E-state index in [0.29, 0.717) is 18.5 Å². The third-order valence-corrected chi connectivity index (χ3v) is 3.62. The van der Waals surface area contributed by atoms with Gasteiger partial charge in [-0.15, -0.1) is 0 Å². The molecule has 2 unspecified atom stereocenters. The number of rotatable bonds is 7. The van der Waals surface area contributed by atoms with Crippen LogP contribution in [0.1, 0.15) is 36.2 Å². The number of ether oxygens (including phenoxy) is 1. The first-order valence-electron chi connectivity index (χ1n) is 7.20. The van der Waals surface area contributed by atoms with Gasteiger partial charge in [0.05, 0.1) is 18.7 Å². The number of hydrogen-bond donors (Lipinski definition) is 2.